The first-order valence-electron chi connectivity index (χ1n) is 9.23. The number of piperazine rings is 1. The number of rotatable bonds is 5. The van der Waals surface area contributed by atoms with E-state index in [1.165, 1.54) is 6.07 Å². The number of halogens is 4. The van der Waals surface area contributed by atoms with Gasteiger partial charge in [-0.1, -0.05) is 17.2 Å². The molecule has 4 rings (SSSR count). The molecular weight excluding hydrogens is 404 g/mol. The molecule has 158 valence electrons. The van der Waals surface area contributed by atoms with Gasteiger partial charge in [0.15, 0.2) is 0 Å². The standard InChI is InChI=1S/C19H18F4N6O/c20-17-5-4-15(11-16(17)19(21,22)23)30-14-3-1-2-13(10-14)12-28-6-8-29(9-7-28)18-24-26-27-25-18/h1-5,10-11H,6-9,12H2,(H,24,25,26,27). The van der Waals surface area contributed by atoms with E-state index in [4.69, 9.17) is 4.74 Å². The molecule has 1 aromatic heterocycles. The number of aromatic amines is 1. The average Bonchev–Trinajstić information content (AvgIpc) is 3.24. The van der Waals surface area contributed by atoms with Crippen molar-refractivity contribution in [2.45, 2.75) is 12.7 Å². The first kappa shape index (κ1) is 20.1. The normalized spacial score (nSPS) is 15.4. The zero-order chi connectivity index (χ0) is 21.1. The third-order valence-electron chi connectivity index (χ3n) is 4.77. The van der Waals surface area contributed by atoms with Crippen molar-refractivity contribution in [2.24, 2.45) is 0 Å². The number of alkyl halides is 3. The van der Waals surface area contributed by atoms with Gasteiger partial charge in [0.2, 0.25) is 0 Å². The van der Waals surface area contributed by atoms with Crippen LogP contribution in [0.3, 0.4) is 0 Å². The number of aromatic nitrogens is 4. The summed E-state index contributed by atoms with van der Waals surface area (Å²) in [5.74, 6) is -0.446. The Morgan fingerprint density at radius 1 is 1.00 bits per heavy atom. The number of nitrogens with zero attached hydrogens (tertiary/aromatic N) is 5. The van der Waals surface area contributed by atoms with Crippen molar-refractivity contribution in [3.63, 3.8) is 0 Å². The molecule has 7 nitrogen and oxygen atoms in total. The largest absolute Gasteiger partial charge is 0.457 e. The molecule has 0 spiro atoms. The molecule has 1 aliphatic rings. The minimum absolute atomic E-state index is 0.0744. The predicted octanol–water partition coefficient (Wildman–Crippen LogP) is 3.47. The van der Waals surface area contributed by atoms with Crippen molar-refractivity contribution in [1.29, 1.82) is 0 Å². The number of anilines is 1. The van der Waals surface area contributed by atoms with E-state index in [9.17, 15) is 17.6 Å². The minimum Gasteiger partial charge on any atom is -0.457 e. The highest BCUT2D eigenvalue weighted by Gasteiger charge is 2.34. The maximum atomic E-state index is 13.4. The summed E-state index contributed by atoms with van der Waals surface area (Å²) in [6.45, 7) is 3.77. The van der Waals surface area contributed by atoms with Crippen LogP contribution in [0.1, 0.15) is 11.1 Å². The van der Waals surface area contributed by atoms with Crippen LogP contribution in [-0.4, -0.2) is 51.7 Å². The van der Waals surface area contributed by atoms with Crippen LogP contribution in [0.2, 0.25) is 0 Å². The summed E-state index contributed by atoms with van der Waals surface area (Å²) in [7, 11) is 0. The van der Waals surface area contributed by atoms with E-state index < -0.39 is 17.6 Å². The second-order valence-corrected chi connectivity index (χ2v) is 6.86. The highest BCUT2D eigenvalue weighted by molar-refractivity contribution is 5.37. The number of ether oxygens (including phenoxy) is 1. The van der Waals surface area contributed by atoms with E-state index in [0.717, 1.165) is 37.8 Å². The summed E-state index contributed by atoms with van der Waals surface area (Å²) in [4.78, 5) is 4.28. The van der Waals surface area contributed by atoms with Gasteiger partial charge in [0.1, 0.15) is 17.3 Å². The lowest BCUT2D eigenvalue weighted by Gasteiger charge is -2.33. The third kappa shape index (κ3) is 4.67. The van der Waals surface area contributed by atoms with E-state index in [0.29, 0.717) is 24.3 Å². The second-order valence-electron chi connectivity index (χ2n) is 6.86. The molecule has 0 radical (unpaired) electrons. The first-order chi connectivity index (χ1) is 14.4. The fourth-order valence-electron chi connectivity index (χ4n) is 3.28. The van der Waals surface area contributed by atoms with E-state index in [-0.39, 0.29) is 5.75 Å². The number of benzene rings is 2. The Bertz CT molecular complexity index is 987. The molecule has 11 heteroatoms. The Hall–Kier alpha value is -3.21. The van der Waals surface area contributed by atoms with Gasteiger partial charge in [0.05, 0.1) is 5.56 Å². The Labute approximate surface area is 169 Å². The maximum absolute atomic E-state index is 13.4. The Kier molecular flexibility index (Phi) is 5.53. The molecule has 1 fully saturated rings. The quantitative estimate of drug-likeness (QED) is 0.635. The summed E-state index contributed by atoms with van der Waals surface area (Å²) >= 11 is 0. The van der Waals surface area contributed by atoms with Gasteiger partial charge in [-0.05, 0) is 41.1 Å². The fraction of sp³-hybridized carbons (Fsp3) is 0.316. The van der Waals surface area contributed by atoms with Crippen LogP contribution in [0, 0.1) is 5.82 Å². The van der Waals surface area contributed by atoms with Crippen molar-refractivity contribution in [1.82, 2.24) is 25.5 Å². The lowest BCUT2D eigenvalue weighted by Crippen LogP contribution is -2.46. The van der Waals surface area contributed by atoms with E-state index in [1.807, 2.05) is 11.0 Å². The van der Waals surface area contributed by atoms with Gasteiger partial charge in [0.25, 0.3) is 5.95 Å². The summed E-state index contributed by atoms with van der Waals surface area (Å²) in [5, 5.41) is 14.0. The molecule has 0 unspecified atom stereocenters. The summed E-state index contributed by atoms with van der Waals surface area (Å²) in [6.07, 6.45) is -4.78. The number of nitrogens with one attached hydrogen (secondary N) is 1. The lowest BCUT2D eigenvalue weighted by molar-refractivity contribution is -0.140. The molecule has 2 aromatic carbocycles. The Morgan fingerprint density at radius 3 is 2.47 bits per heavy atom. The van der Waals surface area contributed by atoms with Crippen LogP contribution in [0.4, 0.5) is 23.5 Å². The maximum Gasteiger partial charge on any atom is 0.419 e. The predicted molar refractivity (Wildman–Crippen MR) is 99.6 cm³/mol. The van der Waals surface area contributed by atoms with Gasteiger partial charge in [-0.3, -0.25) is 4.90 Å². The highest BCUT2D eigenvalue weighted by atomic mass is 19.4. The van der Waals surface area contributed by atoms with Gasteiger partial charge in [-0.15, -0.1) is 5.10 Å². The minimum atomic E-state index is -4.78. The molecule has 0 aliphatic carbocycles. The molecule has 0 bridgehead atoms. The SMILES string of the molecule is Fc1ccc(Oc2cccc(CN3CCN(c4nn[nH]n4)CC3)c2)cc1C(F)(F)F. The summed E-state index contributed by atoms with van der Waals surface area (Å²) < 4.78 is 57.7. The molecule has 3 aromatic rings. The molecule has 1 N–H and O–H groups in total. The van der Waals surface area contributed by atoms with Gasteiger partial charge in [-0.25, -0.2) is 4.39 Å². The van der Waals surface area contributed by atoms with Crippen molar-refractivity contribution in [3.05, 3.63) is 59.4 Å². The zero-order valence-corrected chi connectivity index (χ0v) is 15.7. The molecule has 0 atom stereocenters. The first-order valence-corrected chi connectivity index (χ1v) is 9.23. The molecule has 2 heterocycles. The topological polar surface area (TPSA) is 70.2 Å². The number of H-pyrrole nitrogens is 1. The van der Waals surface area contributed by atoms with E-state index in [2.05, 4.69) is 25.5 Å². The van der Waals surface area contributed by atoms with Gasteiger partial charge < -0.3 is 9.64 Å². The molecule has 0 saturated carbocycles. The van der Waals surface area contributed by atoms with Crippen LogP contribution in [-0.2, 0) is 12.7 Å². The van der Waals surface area contributed by atoms with Crippen molar-refractivity contribution >= 4 is 5.95 Å². The Morgan fingerprint density at radius 2 is 1.77 bits per heavy atom. The van der Waals surface area contributed by atoms with E-state index in [1.54, 1.807) is 18.2 Å². The van der Waals surface area contributed by atoms with Crippen molar-refractivity contribution < 1.29 is 22.3 Å². The molecule has 1 saturated heterocycles. The molecular formula is C19H18F4N6O. The van der Waals surface area contributed by atoms with Crippen LogP contribution < -0.4 is 9.64 Å². The number of hydrogen-bond donors (Lipinski definition) is 1. The van der Waals surface area contributed by atoms with Crippen LogP contribution in [0.15, 0.2) is 42.5 Å². The third-order valence-corrected chi connectivity index (χ3v) is 4.77. The average molecular weight is 422 g/mol. The second kappa shape index (κ2) is 8.27. The zero-order valence-electron chi connectivity index (χ0n) is 15.7. The van der Waals surface area contributed by atoms with Crippen LogP contribution >= 0.6 is 0 Å². The Balaban J connectivity index is 1.39. The fourth-order valence-corrected chi connectivity index (χ4v) is 3.28. The summed E-state index contributed by atoms with van der Waals surface area (Å²) in [5.41, 5.74) is -0.394. The molecule has 1 aliphatic heterocycles. The van der Waals surface area contributed by atoms with Crippen LogP contribution in [0.25, 0.3) is 0 Å². The monoisotopic (exact) mass is 422 g/mol. The van der Waals surface area contributed by atoms with Crippen molar-refractivity contribution in [2.75, 3.05) is 31.1 Å². The van der Waals surface area contributed by atoms with Crippen LogP contribution in [0.5, 0.6) is 11.5 Å². The summed E-state index contributed by atoms with van der Waals surface area (Å²) in [6, 6.07) is 9.70. The van der Waals surface area contributed by atoms with Gasteiger partial charge in [0, 0.05) is 32.7 Å². The lowest BCUT2D eigenvalue weighted by atomic mass is 10.1. The molecule has 0 amide bonds. The smallest absolute Gasteiger partial charge is 0.419 e. The van der Waals surface area contributed by atoms with Gasteiger partial charge >= 0.3 is 6.18 Å². The number of tetrazole rings is 1. The van der Waals surface area contributed by atoms with Gasteiger partial charge in [-0.2, -0.15) is 18.4 Å². The number of hydrogen-bond acceptors (Lipinski definition) is 6. The van der Waals surface area contributed by atoms with E-state index >= 15 is 0 Å². The van der Waals surface area contributed by atoms with Crippen molar-refractivity contribution in [3.8, 4) is 11.5 Å². The highest BCUT2D eigenvalue weighted by Crippen LogP contribution is 2.35. The molecule has 30 heavy (non-hydrogen) atoms.